The van der Waals surface area contributed by atoms with Crippen LogP contribution >= 0.6 is 11.6 Å². The maximum Gasteiger partial charge on any atom is 0.195 e. The van der Waals surface area contributed by atoms with Crippen LogP contribution in [0.3, 0.4) is 0 Å². The molecule has 0 spiro atoms. The average Bonchev–Trinajstić information content (AvgIpc) is 2.39. The smallest absolute Gasteiger partial charge is 0.195 e. The molecule has 0 heterocycles. The third-order valence-electron chi connectivity index (χ3n) is 2.49. The first-order valence-electron chi connectivity index (χ1n) is 5.21. The van der Waals surface area contributed by atoms with Gasteiger partial charge in [-0.05, 0) is 29.8 Å². The fourth-order valence-corrected chi connectivity index (χ4v) is 1.68. The van der Waals surface area contributed by atoms with E-state index in [0.29, 0.717) is 16.1 Å². The Morgan fingerprint density at radius 3 is 2.18 bits per heavy atom. The van der Waals surface area contributed by atoms with Crippen LogP contribution in [0, 0.1) is 0 Å². The number of halogens is 1. The normalized spacial score (nSPS) is 12.1. The molecule has 2 nitrogen and oxygen atoms in total. The third kappa shape index (κ3) is 2.73. The van der Waals surface area contributed by atoms with Crippen molar-refractivity contribution < 1.29 is 9.90 Å². The van der Waals surface area contributed by atoms with Crippen LogP contribution in [0.1, 0.15) is 22.0 Å². The van der Waals surface area contributed by atoms with Crippen LogP contribution in [0.15, 0.2) is 54.6 Å². The molecular formula is C14H11ClO2. The van der Waals surface area contributed by atoms with Gasteiger partial charge in [0, 0.05) is 10.6 Å². The highest BCUT2D eigenvalue weighted by atomic mass is 35.5. The monoisotopic (exact) mass is 246 g/mol. The molecule has 0 saturated carbocycles. The predicted octanol–water partition coefficient (Wildman–Crippen LogP) is 3.26. The Balaban J connectivity index is 2.23. The molecule has 86 valence electrons. The minimum absolute atomic E-state index is 0.326. The van der Waals surface area contributed by atoms with Gasteiger partial charge in [-0.3, -0.25) is 4.79 Å². The highest BCUT2D eigenvalue weighted by Gasteiger charge is 2.18. The second kappa shape index (κ2) is 5.13. The summed E-state index contributed by atoms with van der Waals surface area (Å²) in [5.74, 6) is -0.326. The molecule has 0 aliphatic heterocycles. The molecule has 0 aliphatic rings. The van der Waals surface area contributed by atoms with Crippen molar-refractivity contribution in [3.05, 3.63) is 70.7 Å². The molecular weight excluding hydrogens is 236 g/mol. The Hall–Kier alpha value is -1.64. The fourth-order valence-electron chi connectivity index (χ4n) is 1.56. The molecule has 17 heavy (non-hydrogen) atoms. The number of Topliss-reactive ketones (excluding diaryl/α,β-unsaturated/α-hetero) is 1. The van der Waals surface area contributed by atoms with Crippen LogP contribution in [-0.4, -0.2) is 10.9 Å². The minimum atomic E-state index is -1.13. The molecule has 1 atom stereocenters. The molecule has 1 N–H and O–H groups in total. The van der Waals surface area contributed by atoms with Crippen LogP contribution in [0.4, 0.5) is 0 Å². The zero-order valence-corrected chi connectivity index (χ0v) is 9.76. The molecule has 0 aromatic heterocycles. The highest BCUT2D eigenvalue weighted by molar-refractivity contribution is 6.30. The van der Waals surface area contributed by atoms with Crippen molar-refractivity contribution >= 4 is 17.4 Å². The van der Waals surface area contributed by atoms with Gasteiger partial charge in [0.25, 0.3) is 0 Å². The number of carbonyl (C=O) groups is 1. The Morgan fingerprint density at radius 1 is 1.00 bits per heavy atom. The molecule has 0 amide bonds. The van der Waals surface area contributed by atoms with Gasteiger partial charge in [0.1, 0.15) is 6.10 Å². The highest BCUT2D eigenvalue weighted by Crippen LogP contribution is 2.19. The summed E-state index contributed by atoms with van der Waals surface area (Å²) in [6, 6.07) is 15.3. The Labute approximate surface area is 104 Å². The number of aliphatic hydroxyl groups excluding tert-OH is 1. The zero-order chi connectivity index (χ0) is 12.3. The molecule has 0 saturated heterocycles. The van der Waals surface area contributed by atoms with E-state index < -0.39 is 6.10 Å². The SMILES string of the molecule is O=C(c1ccc(Cl)cc1)[C@H](O)c1ccccc1. The first kappa shape index (κ1) is 11.8. The zero-order valence-electron chi connectivity index (χ0n) is 9.01. The number of ketones is 1. The maximum atomic E-state index is 12.0. The van der Waals surface area contributed by atoms with E-state index in [2.05, 4.69) is 0 Å². The predicted molar refractivity (Wildman–Crippen MR) is 67.2 cm³/mol. The van der Waals surface area contributed by atoms with E-state index in [1.165, 1.54) is 0 Å². The lowest BCUT2D eigenvalue weighted by molar-refractivity contribution is 0.0747. The van der Waals surface area contributed by atoms with E-state index in [9.17, 15) is 9.90 Å². The topological polar surface area (TPSA) is 37.3 Å². The second-order valence-electron chi connectivity index (χ2n) is 3.68. The Kier molecular flexibility index (Phi) is 3.57. The fraction of sp³-hybridized carbons (Fsp3) is 0.0714. The van der Waals surface area contributed by atoms with E-state index in [-0.39, 0.29) is 5.78 Å². The van der Waals surface area contributed by atoms with Crippen LogP contribution in [0.2, 0.25) is 5.02 Å². The molecule has 0 radical (unpaired) electrons. The number of carbonyl (C=O) groups excluding carboxylic acids is 1. The lowest BCUT2D eigenvalue weighted by Crippen LogP contribution is -2.11. The molecule has 0 unspecified atom stereocenters. The second-order valence-corrected chi connectivity index (χ2v) is 4.12. The van der Waals surface area contributed by atoms with Gasteiger partial charge in [-0.25, -0.2) is 0 Å². The standard InChI is InChI=1S/C14H11ClO2/c15-12-8-6-11(7-9-12)14(17)13(16)10-4-2-1-3-5-10/h1-9,13,16H/t13-/m1/s1. The first-order chi connectivity index (χ1) is 8.18. The summed E-state index contributed by atoms with van der Waals surface area (Å²) in [7, 11) is 0. The molecule has 2 rings (SSSR count). The third-order valence-corrected chi connectivity index (χ3v) is 2.74. The number of rotatable bonds is 3. The van der Waals surface area contributed by atoms with Gasteiger partial charge in [-0.15, -0.1) is 0 Å². The summed E-state index contributed by atoms with van der Waals surface area (Å²) < 4.78 is 0. The number of aliphatic hydroxyl groups is 1. The molecule has 0 aliphatic carbocycles. The van der Waals surface area contributed by atoms with Gasteiger partial charge in [-0.2, -0.15) is 0 Å². The molecule has 3 heteroatoms. The van der Waals surface area contributed by atoms with Crippen molar-refractivity contribution in [3.8, 4) is 0 Å². The van der Waals surface area contributed by atoms with E-state index >= 15 is 0 Å². The van der Waals surface area contributed by atoms with Gasteiger partial charge in [0.05, 0.1) is 0 Å². The van der Waals surface area contributed by atoms with Gasteiger partial charge >= 0.3 is 0 Å². The largest absolute Gasteiger partial charge is 0.380 e. The average molecular weight is 247 g/mol. The lowest BCUT2D eigenvalue weighted by atomic mass is 10.0. The minimum Gasteiger partial charge on any atom is -0.380 e. The van der Waals surface area contributed by atoms with Crippen molar-refractivity contribution in [3.63, 3.8) is 0 Å². The molecule has 0 bridgehead atoms. The van der Waals surface area contributed by atoms with E-state index in [1.54, 1.807) is 48.5 Å². The lowest BCUT2D eigenvalue weighted by Gasteiger charge is -2.09. The van der Waals surface area contributed by atoms with Gasteiger partial charge < -0.3 is 5.11 Å². The summed E-state index contributed by atoms with van der Waals surface area (Å²) in [5.41, 5.74) is 1.04. The van der Waals surface area contributed by atoms with Crippen molar-refractivity contribution in [1.29, 1.82) is 0 Å². The number of hydrogen-bond acceptors (Lipinski definition) is 2. The van der Waals surface area contributed by atoms with Crippen LogP contribution in [0.5, 0.6) is 0 Å². The van der Waals surface area contributed by atoms with Crippen LogP contribution < -0.4 is 0 Å². The van der Waals surface area contributed by atoms with Crippen LogP contribution in [0.25, 0.3) is 0 Å². The summed E-state index contributed by atoms with van der Waals surface area (Å²) in [5, 5.41) is 10.5. The summed E-state index contributed by atoms with van der Waals surface area (Å²) in [6.45, 7) is 0. The van der Waals surface area contributed by atoms with Gasteiger partial charge in [0.2, 0.25) is 0 Å². The maximum absolute atomic E-state index is 12.0. The van der Waals surface area contributed by atoms with Gasteiger partial charge in [-0.1, -0.05) is 41.9 Å². The number of hydrogen-bond donors (Lipinski definition) is 1. The van der Waals surface area contributed by atoms with E-state index in [0.717, 1.165) is 0 Å². The van der Waals surface area contributed by atoms with Crippen molar-refractivity contribution in [2.45, 2.75) is 6.10 Å². The molecule has 0 fully saturated rings. The Morgan fingerprint density at radius 2 is 1.59 bits per heavy atom. The van der Waals surface area contributed by atoms with E-state index in [4.69, 9.17) is 11.6 Å². The number of benzene rings is 2. The van der Waals surface area contributed by atoms with Crippen molar-refractivity contribution in [2.75, 3.05) is 0 Å². The molecule has 2 aromatic carbocycles. The summed E-state index contributed by atoms with van der Waals surface area (Å²) in [6.07, 6.45) is -1.13. The van der Waals surface area contributed by atoms with Crippen molar-refractivity contribution in [1.82, 2.24) is 0 Å². The molecule has 2 aromatic rings. The van der Waals surface area contributed by atoms with Crippen LogP contribution in [-0.2, 0) is 0 Å². The first-order valence-corrected chi connectivity index (χ1v) is 5.59. The Bertz CT molecular complexity index is 506. The van der Waals surface area contributed by atoms with Gasteiger partial charge in [0.15, 0.2) is 5.78 Å². The van der Waals surface area contributed by atoms with Crippen molar-refractivity contribution in [2.24, 2.45) is 0 Å². The summed E-state index contributed by atoms with van der Waals surface area (Å²) >= 11 is 5.74. The quantitative estimate of drug-likeness (QED) is 0.844. The van der Waals surface area contributed by atoms with E-state index in [1.807, 2.05) is 6.07 Å². The summed E-state index contributed by atoms with van der Waals surface area (Å²) in [4.78, 5) is 12.0.